The third-order valence-electron chi connectivity index (χ3n) is 16.3. The Morgan fingerprint density at radius 2 is 0.595 bits per heavy atom. The van der Waals surface area contributed by atoms with Gasteiger partial charge in [-0.2, -0.15) is 10.5 Å². The van der Waals surface area contributed by atoms with Crippen molar-refractivity contribution in [3.8, 4) is 45.8 Å². The zero-order chi connectivity index (χ0) is 49.1. The summed E-state index contributed by atoms with van der Waals surface area (Å²) in [4.78, 5) is 0. The van der Waals surface area contributed by atoms with Crippen LogP contribution in [-0.4, -0.2) is 25.3 Å². The van der Waals surface area contributed by atoms with E-state index < -0.39 is 16.1 Å². The van der Waals surface area contributed by atoms with E-state index in [0.29, 0.717) is 22.5 Å². The summed E-state index contributed by atoms with van der Waals surface area (Å²) < 4.78 is 4.47. The van der Waals surface area contributed by atoms with Gasteiger partial charge in [-0.25, -0.2) is 0 Å². The van der Waals surface area contributed by atoms with Crippen molar-refractivity contribution in [2.75, 3.05) is 0 Å². The van der Waals surface area contributed by atoms with E-state index in [1.165, 1.54) is 63.7 Å². The van der Waals surface area contributed by atoms with Gasteiger partial charge in [0.2, 0.25) is 0 Å². The molecule has 15 rings (SSSR count). The molecule has 342 valence electrons. The maximum Gasteiger partial charge on any atom is 0.180 e. The van der Waals surface area contributed by atoms with Gasteiger partial charge in [-0.15, -0.1) is 0 Å². The molecule has 6 heteroatoms. The predicted octanol–water partition coefficient (Wildman–Crippen LogP) is 10.3. The summed E-state index contributed by atoms with van der Waals surface area (Å²) >= 11 is 0. The second kappa shape index (κ2) is 16.0. The highest BCUT2D eigenvalue weighted by Crippen LogP contribution is 2.42. The Labute approximate surface area is 430 Å². The Morgan fingerprint density at radius 3 is 0.959 bits per heavy atom. The first-order chi connectivity index (χ1) is 36.6. The molecule has 0 unspecified atom stereocenters. The van der Waals surface area contributed by atoms with Crippen molar-refractivity contribution in [1.82, 2.24) is 9.13 Å². The van der Waals surface area contributed by atoms with Gasteiger partial charge in [0.1, 0.15) is 12.1 Å². The van der Waals surface area contributed by atoms with E-state index in [4.69, 9.17) is 0 Å². The molecule has 0 fully saturated rings. The molecule has 0 atom stereocenters. The number of benzene rings is 11. The molecule has 2 aliphatic heterocycles. The average molecular weight is 971 g/mol. The molecule has 74 heavy (non-hydrogen) atoms. The van der Waals surface area contributed by atoms with E-state index in [9.17, 15) is 10.5 Å². The normalized spacial score (nSPS) is 13.6. The van der Waals surface area contributed by atoms with Gasteiger partial charge in [0.15, 0.2) is 16.1 Å². The van der Waals surface area contributed by atoms with E-state index >= 15 is 0 Å². The molecule has 0 amide bonds. The summed E-state index contributed by atoms with van der Waals surface area (Å²) in [6.45, 7) is 0. The Hall–Kier alpha value is -9.57. The molecule has 0 saturated carbocycles. The fraction of sp³-hybridized carbons (Fsp3) is 0. The summed E-state index contributed by atoms with van der Waals surface area (Å²) in [5, 5.41) is 38.1. The fourth-order valence-electron chi connectivity index (χ4n) is 13.5. The van der Waals surface area contributed by atoms with Crippen molar-refractivity contribution in [2.45, 2.75) is 0 Å². The zero-order valence-corrected chi connectivity index (χ0v) is 42.0. The maximum absolute atomic E-state index is 11.4. The Morgan fingerprint density at radius 1 is 0.270 bits per heavy atom. The van der Waals surface area contributed by atoms with E-state index in [0.717, 1.165) is 43.6 Å². The lowest BCUT2D eigenvalue weighted by Gasteiger charge is -2.31. The molecule has 4 nitrogen and oxygen atoms in total. The molecule has 2 aliphatic rings. The number of nitriles is 2. The van der Waals surface area contributed by atoms with Gasteiger partial charge in [-0.1, -0.05) is 218 Å². The smallest absolute Gasteiger partial charge is 0.180 e. The number of para-hydroxylation sites is 2. The van der Waals surface area contributed by atoms with Crippen LogP contribution in [0, 0.1) is 22.7 Å². The molecule has 0 saturated heterocycles. The van der Waals surface area contributed by atoms with Crippen LogP contribution in [0.1, 0.15) is 11.1 Å². The second-order valence-electron chi connectivity index (χ2n) is 19.7. The first-order valence-corrected chi connectivity index (χ1v) is 29.2. The highest BCUT2D eigenvalue weighted by atomic mass is 28.3. The van der Waals surface area contributed by atoms with Crippen LogP contribution in [0.3, 0.4) is 0 Å². The Kier molecular flexibility index (Phi) is 9.09. The van der Waals surface area contributed by atoms with Crippen LogP contribution in [0.2, 0.25) is 0 Å². The number of hydrogen-bond donors (Lipinski definition) is 0. The molecule has 0 N–H and O–H groups in total. The maximum atomic E-state index is 11.4. The molecule has 0 bridgehead atoms. The van der Waals surface area contributed by atoms with Crippen LogP contribution >= 0.6 is 0 Å². The van der Waals surface area contributed by atoms with Gasteiger partial charge in [0.25, 0.3) is 0 Å². The Bertz CT molecular complexity index is 4190. The van der Waals surface area contributed by atoms with Gasteiger partial charge in [0, 0.05) is 21.5 Å². The molecular weight excluding hydrogens is 929 g/mol. The lowest BCUT2D eigenvalue weighted by Crippen LogP contribution is -2.72. The minimum absolute atomic E-state index is 0.483. The summed E-state index contributed by atoms with van der Waals surface area (Å²) in [6, 6.07) is 98.2. The number of aromatic nitrogens is 2. The predicted molar refractivity (Wildman–Crippen MR) is 310 cm³/mol. The Balaban J connectivity index is 0.989. The number of rotatable bonds is 6. The lowest BCUT2D eigenvalue weighted by atomic mass is 10.0. The van der Waals surface area contributed by atoms with Crippen LogP contribution in [0.5, 0.6) is 0 Å². The summed E-state index contributed by atoms with van der Waals surface area (Å²) in [5.74, 6) is 0. The second-order valence-corrected chi connectivity index (χ2v) is 27.2. The van der Waals surface area contributed by atoms with Crippen molar-refractivity contribution in [1.29, 1.82) is 10.5 Å². The minimum atomic E-state index is -2.79. The molecule has 11 aromatic carbocycles. The third-order valence-corrected chi connectivity index (χ3v) is 26.1. The van der Waals surface area contributed by atoms with E-state index in [2.05, 4.69) is 264 Å². The molecular formula is C68H42N4Si2. The molecule has 0 spiro atoms. The fourth-order valence-corrected chi connectivity index (χ4v) is 23.8. The standard InChI is InChI=1S/C68H42N4Si2/c69-43-45-38-62(72-60-34-18-14-30-52(60)56-42-68-58(40-64(56)72)54-32-16-20-36-66(54)74(68,49-25-9-3-10-26-49)50-27-11-4-12-28-50)46(44-70)37-61(45)71-59-33-17-13-29-51(59)55-41-67-57(39-63(55)71)53-31-15-19-35-65(53)73(67,47-21-5-1-6-22-47)48-23-7-2-8-24-48/h1-42H. The molecule has 4 heterocycles. The summed E-state index contributed by atoms with van der Waals surface area (Å²) in [5.41, 5.74) is 11.2. The highest BCUT2D eigenvalue weighted by molar-refractivity contribution is 7.23. The monoisotopic (exact) mass is 970 g/mol. The largest absolute Gasteiger partial charge is 0.308 e. The zero-order valence-electron chi connectivity index (χ0n) is 40.0. The van der Waals surface area contributed by atoms with Crippen molar-refractivity contribution < 1.29 is 0 Å². The summed E-state index contributed by atoms with van der Waals surface area (Å²) in [6.07, 6.45) is 0. The highest BCUT2D eigenvalue weighted by Gasteiger charge is 2.50. The van der Waals surface area contributed by atoms with Crippen LogP contribution in [0.15, 0.2) is 255 Å². The van der Waals surface area contributed by atoms with E-state index in [-0.39, 0.29) is 0 Å². The van der Waals surface area contributed by atoms with E-state index in [1.54, 1.807) is 0 Å². The quantitative estimate of drug-likeness (QED) is 0.156. The van der Waals surface area contributed by atoms with E-state index in [1.807, 2.05) is 12.1 Å². The number of nitrogens with zero attached hydrogens (tertiary/aromatic N) is 4. The van der Waals surface area contributed by atoms with Gasteiger partial charge >= 0.3 is 0 Å². The van der Waals surface area contributed by atoms with Gasteiger partial charge in [-0.3, -0.25) is 0 Å². The van der Waals surface area contributed by atoms with Crippen LogP contribution < -0.4 is 41.5 Å². The number of hydrogen-bond acceptors (Lipinski definition) is 2. The number of fused-ring (bicyclic) bond motifs is 12. The molecule has 0 aliphatic carbocycles. The average Bonchev–Trinajstić information content (AvgIpc) is 4.27. The van der Waals surface area contributed by atoms with Crippen molar-refractivity contribution >= 4 is 101 Å². The SMILES string of the molecule is N#Cc1cc(-n2c3ccccc3c3cc4c(cc32)-c2ccccc2[Si]4(c2ccccc2)c2ccccc2)c(C#N)cc1-n1c2ccccc2c2cc3c(cc21)-c1ccccc1[Si]3(c1ccccc1)c1ccccc1. The minimum Gasteiger partial charge on any atom is -0.308 e. The lowest BCUT2D eigenvalue weighted by molar-refractivity contribution is 1.12. The van der Waals surface area contributed by atoms with Crippen LogP contribution in [0.4, 0.5) is 0 Å². The van der Waals surface area contributed by atoms with Gasteiger partial charge in [0.05, 0.1) is 44.6 Å². The first-order valence-electron chi connectivity index (χ1n) is 25.2. The third kappa shape index (κ3) is 5.53. The molecule has 13 aromatic rings. The first kappa shape index (κ1) is 42.1. The van der Waals surface area contributed by atoms with Crippen molar-refractivity contribution in [3.05, 3.63) is 266 Å². The van der Waals surface area contributed by atoms with Gasteiger partial charge < -0.3 is 9.13 Å². The van der Waals surface area contributed by atoms with Crippen molar-refractivity contribution in [2.24, 2.45) is 0 Å². The van der Waals surface area contributed by atoms with Crippen molar-refractivity contribution in [3.63, 3.8) is 0 Å². The summed E-state index contributed by atoms with van der Waals surface area (Å²) in [7, 11) is -5.58. The van der Waals surface area contributed by atoms with Crippen LogP contribution in [-0.2, 0) is 0 Å². The molecule has 2 aromatic heterocycles. The topological polar surface area (TPSA) is 57.4 Å². The van der Waals surface area contributed by atoms with Crippen LogP contribution in [0.25, 0.3) is 77.2 Å². The van der Waals surface area contributed by atoms with Gasteiger partial charge in [-0.05, 0) is 100 Å². The molecule has 0 radical (unpaired) electrons.